The molecular weight excluding hydrogens is 865 g/mol. The van der Waals surface area contributed by atoms with Gasteiger partial charge in [0.25, 0.3) is 23.3 Å². The van der Waals surface area contributed by atoms with E-state index in [1.54, 1.807) is 27.7 Å². The highest BCUT2D eigenvalue weighted by Gasteiger charge is 2.43. The average molecular weight is 915 g/mol. The number of rotatable bonds is 24. The number of Topliss-reactive ketones (excluding diaryl/α,β-unsaturated/α-hetero) is 2. The van der Waals surface area contributed by atoms with Crippen LogP contribution in [0.5, 0.6) is 0 Å². The van der Waals surface area contributed by atoms with Crippen molar-refractivity contribution in [3.8, 4) is 0 Å². The van der Waals surface area contributed by atoms with Gasteiger partial charge in [0.05, 0.1) is 38.8 Å². The largest absolute Gasteiger partial charge is 0.471 e. The van der Waals surface area contributed by atoms with Crippen LogP contribution in [0.15, 0.2) is 47.4 Å². The zero-order valence-electron chi connectivity index (χ0n) is 36.2. The summed E-state index contributed by atoms with van der Waals surface area (Å²) in [5.41, 5.74) is -2.11. The number of imide groups is 1. The number of hydrogen-bond acceptors (Lipinski definition) is 15. The molecule has 0 fully saturated rings. The summed E-state index contributed by atoms with van der Waals surface area (Å²) in [5.74, 6) is -7.42. The molecule has 0 saturated heterocycles. The van der Waals surface area contributed by atoms with Crippen molar-refractivity contribution in [3.05, 3.63) is 64.2 Å². The molecule has 2 aromatic heterocycles. The molecule has 1 aliphatic heterocycles. The number of anilines is 2. The number of halogens is 3. The molecule has 3 N–H and O–H groups in total. The number of ketones is 2. The standard InChI is InChI=1S/C42H49F3N8O12/c1-24(2)35(58)50-40-49-34-33(37(60)51-40)47-26(22-46-34)23-53(39(62)42(43,44)45)27-12-10-25(11-13-27)36(59)48-30(38(61)63-5)15-14-28(54)8-6-20-64-41(3,4)65-21-7-9-29(55)18-19-52-31(56)16-17-32(52)57/h10-13,16-17,22,24,30H,6-9,14-15,18-21,23H2,1-5H3,(H,48,59)(H2,46,49,50,51,58,60)/t30-/m0/s1. The van der Waals surface area contributed by atoms with Gasteiger partial charge in [0, 0.05) is 61.5 Å². The van der Waals surface area contributed by atoms with Gasteiger partial charge >= 0.3 is 18.1 Å². The molecule has 5 amide bonds. The Bertz CT molecular complexity index is 2350. The van der Waals surface area contributed by atoms with Crippen LogP contribution in [0.4, 0.5) is 24.8 Å². The Labute approximate surface area is 369 Å². The van der Waals surface area contributed by atoms with Gasteiger partial charge in [-0.3, -0.25) is 58.5 Å². The first kappa shape index (κ1) is 50.9. The monoisotopic (exact) mass is 914 g/mol. The Kier molecular flexibility index (Phi) is 17.8. The molecule has 0 radical (unpaired) electrons. The van der Waals surface area contributed by atoms with E-state index >= 15 is 0 Å². The van der Waals surface area contributed by atoms with Crippen LogP contribution in [-0.2, 0) is 54.3 Å². The highest BCUT2D eigenvalue weighted by Crippen LogP contribution is 2.26. The lowest BCUT2D eigenvalue weighted by Crippen LogP contribution is -2.42. The van der Waals surface area contributed by atoms with Crippen LogP contribution >= 0.6 is 0 Å². The molecule has 0 spiro atoms. The number of hydrogen-bond donors (Lipinski definition) is 3. The maximum atomic E-state index is 13.8. The number of esters is 1. The van der Waals surface area contributed by atoms with Gasteiger partial charge in [0.2, 0.25) is 11.9 Å². The second kappa shape index (κ2) is 22.7. The molecule has 0 unspecified atom stereocenters. The number of alkyl halides is 3. The third-order valence-electron chi connectivity index (χ3n) is 9.60. The molecule has 3 heterocycles. The van der Waals surface area contributed by atoms with E-state index in [4.69, 9.17) is 14.2 Å². The normalized spacial score (nSPS) is 13.3. The van der Waals surface area contributed by atoms with Crippen LogP contribution in [0, 0.1) is 5.92 Å². The molecule has 1 atom stereocenters. The van der Waals surface area contributed by atoms with Crippen molar-refractivity contribution in [2.45, 2.75) is 97.2 Å². The summed E-state index contributed by atoms with van der Waals surface area (Å²) in [6.07, 6.45) is -1.34. The molecule has 65 heavy (non-hydrogen) atoms. The minimum atomic E-state index is -5.35. The second-order valence-corrected chi connectivity index (χ2v) is 15.4. The van der Waals surface area contributed by atoms with E-state index in [1.807, 2.05) is 0 Å². The lowest BCUT2D eigenvalue weighted by Gasteiger charge is -2.25. The molecule has 3 aromatic rings. The number of aromatic amines is 1. The predicted octanol–water partition coefficient (Wildman–Crippen LogP) is 3.24. The molecule has 1 aliphatic rings. The van der Waals surface area contributed by atoms with Crippen molar-refractivity contribution in [1.29, 1.82) is 0 Å². The van der Waals surface area contributed by atoms with Crippen LogP contribution in [0.25, 0.3) is 11.2 Å². The number of aromatic nitrogens is 4. The molecule has 4 rings (SSSR count). The number of carbonyl (C=O) groups excluding carboxylic acids is 8. The third-order valence-corrected chi connectivity index (χ3v) is 9.60. The fourth-order valence-electron chi connectivity index (χ4n) is 6.03. The molecule has 0 bridgehead atoms. The number of methoxy groups -OCH3 is 1. The van der Waals surface area contributed by atoms with Crippen LogP contribution in [-0.4, -0.2) is 117 Å². The second-order valence-electron chi connectivity index (χ2n) is 15.4. The number of ether oxygens (including phenoxy) is 3. The van der Waals surface area contributed by atoms with Gasteiger partial charge in [-0.2, -0.15) is 18.2 Å². The first-order chi connectivity index (χ1) is 30.6. The van der Waals surface area contributed by atoms with Gasteiger partial charge in [-0.25, -0.2) is 14.8 Å². The van der Waals surface area contributed by atoms with E-state index in [0.29, 0.717) is 17.7 Å². The van der Waals surface area contributed by atoms with Gasteiger partial charge in [-0.05, 0) is 57.4 Å². The number of nitrogens with zero attached hydrogens (tertiary/aromatic N) is 5. The Hall–Kier alpha value is -6.75. The Morgan fingerprint density at radius 3 is 2.03 bits per heavy atom. The molecule has 20 nitrogen and oxygen atoms in total. The lowest BCUT2D eigenvalue weighted by molar-refractivity contribution is -0.214. The van der Waals surface area contributed by atoms with E-state index < -0.39 is 71.5 Å². The van der Waals surface area contributed by atoms with E-state index in [9.17, 15) is 56.3 Å². The number of benzene rings is 1. The van der Waals surface area contributed by atoms with Crippen molar-refractivity contribution < 1.29 is 65.7 Å². The zero-order valence-corrected chi connectivity index (χ0v) is 36.2. The Balaban J connectivity index is 1.27. The van der Waals surface area contributed by atoms with E-state index in [1.165, 1.54) is 0 Å². The number of nitrogens with one attached hydrogen (secondary N) is 3. The van der Waals surface area contributed by atoms with Gasteiger partial charge in [-0.1, -0.05) is 13.8 Å². The van der Waals surface area contributed by atoms with Crippen molar-refractivity contribution in [3.63, 3.8) is 0 Å². The van der Waals surface area contributed by atoms with Gasteiger partial charge < -0.3 is 19.5 Å². The first-order valence-corrected chi connectivity index (χ1v) is 20.4. The molecule has 23 heteroatoms. The fourth-order valence-corrected chi connectivity index (χ4v) is 6.03. The maximum Gasteiger partial charge on any atom is 0.471 e. The smallest absolute Gasteiger partial charge is 0.467 e. The van der Waals surface area contributed by atoms with Crippen molar-refractivity contribution >= 4 is 69.9 Å². The SMILES string of the molecule is COC(=O)[C@H](CCC(=O)CCCOC(C)(C)OCCCC(=O)CCN1C(=O)C=CC1=O)NC(=O)c1ccc(N(Cc2cnc3nc(NC(=O)C(C)C)[nH]c(=O)c3n2)C(=O)C(F)(F)F)cc1. The third kappa shape index (κ3) is 15.2. The fraction of sp³-hybridized carbons (Fsp3) is 0.476. The number of amides is 5. The van der Waals surface area contributed by atoms with Crippen LogP contribution in [0.1, 0.15) is 88.7 Å². The summed E-state index contributed by atoms with van der Waals surface area (Å²) in [6.45, 7) is 6.09. The average Bonchev–Trinajstić information content (AvgIpc) is 3.58. The summed E-state index contributed by atoms with van der Waals surface area (Å²) in [4.78, 5) is 127. The summed E-state index contributed by atoms with van der Waals surface area (Å²) in [7, 11) is 1.08. The summed E-state index contributed by atoms with van der Waals surface area (Å²) < 4.78 is 57.6. The molecule has 1 aromatic carbocycles. The Morgan fingerprint density at radius 2 is 1.46 bits per heavy atom. The Morgan fingerprint density at radius 1 is 0.862 bits per heavy atom. The van der Waals surface area contributed by atoms with Crippen LogP contribution < -0.4 is 21.1 Å². The number of fused-ring (bicyclic) bond motifs is 1. The topological polar surface area (TPSA) is 266 Å². The van der Waals surface area contributed by atoms with Crippen molar-refractivity contribution in [2.75, 3.05) is 37.1 Å². The molecule has 0 saturated carbocycles. The predicted molar refractivity (Wildman–Crippen MR) is 223 cm³/mol. The highest BCUT2D eigenvalue weighted by molar-refractivity contribution is 6.13. The number of H-pyrrole nitrogens is 1. The van der Waals surface area contributed by atoms with E-state index in [-0.39, 0.29) is 97.5 Å². The van der Waals surface area contributed by atoms with Gasteiger partial charge in [0.1, 0.15) is 17.6 Å². The maximum absolute atomic E-state index is 13.8. The van der Waals surface area contributed by atoms with Gasteiger partial charge in [0.15, 0.2) is 17.0 Å². The zero-order chi connectivity index (χ0) is 48.1. The quantitative estimate of drug-likeness (QED) is 0.0504. The molecule has 0 aliphatic carbocycles. The first-order valence-electron chi connectivity index (χ1n) is 20.4. The molecule has 350 valence electrons. The van der Waals surface area contributed by atoms with Crippen LogP contribution in [0.3, 0.4) is 0 Å². The molecular formula is C42H49F3N8O12. The van der Waals surface area contributed by atoms with Crippen molar-refractivity contribution in [1.82, 2.24) is 30.2 Å². The van der Waals surface area contributed by atoms with Gasteiger partial charge in [-0.15, -0.1) is 0 Å². The minimum absolute atomic E-state index is 0.0124. The summed E-state index contributed by atoms with van der Waals surface area (Å²) in [6, 6.07) is 3.07. The van der Waals surface area contributed by atoms with Crippen molar-refractivity contribution in [2.24, 2.45) is 5.92 Å². The lowest BCUT2D eigenvalue weighted by atomic mass is 10.1. The van der Waals surface area contributed by atoms with E-state index in [0.717, 1.165) is 54.6 Å². The van der Waals surface area contributed by atoms with E-state index in [2.05, 4.69) is 30.6 Å². The summed E-state index contributed by atoms with van der Waals surface area (Å²) in [5, 5.41) is 4.86. The highest BCUT2D eigenvalue weighted by atomic mass is 19.4. The van der Waals surface area contributed by atoms with Crippen LogP contribution in [0.2, 0.25) is 0 Å². The minimum Gasteiger partial charge on any atom is -0.467 e. The summed E-state index contributed by atoms with van der Waals surface area (Å²) >= 11 is 0. The number of carbonyl (C=O) groups is 8.